The third-order valence-corrected chi connectivity index (χ3v) is 7.47. The van der Waals surface area contributed by atoms with E-state index in [0.29, 0.717) is 18.1 Å². The zero-order valence-electron chi connectivity index (χ0n) is 21.9. The highest BCUT2D eigenvalue weighted by Crippen LogP contribution is 2.41. The second kappa shape index (κ2) is 11.1. The number of para-hydroxylation sites is 1. The molecule has 3 aromatic heterocycles. The van der Waals surface area contributed by atoms with Gasteiger partial charge in [0.2, 0.25) is 5.91 Å². The molecule has 5 rings (SSSR count). The van der Waals surface area contributed by atoms with Gasteiger partial charge >= 0.3 is 0 Å². The Morgan fingerprint density at radius 3 is 2.47 bits per heavy atom. The number of benzene rings is 1. The smallest absolute Gasteiger partial charge is 0.226 e. The first kappa shape index (κ1) is 25.6. The summed E-state index contributed by atoms with van der Waals surface area (Å²) < 4.78 is 2.17. The Morgan fingerprint density at radius 2 is 1.76 bits per heavy atom. The molecule has 2 N–H and O–H groups in total. The number of carbonyl (C=O) groups is 1. The van der Waals surface area contributed by atoms with Crippen LogP contribution >= 0.6 is 12.2 Å². The van der Waals surface area contributed by atoms with E-state index < -0.39 is 0 Å². The molecule has 1 aliphatic heterocycles. The van der Waals surface area contributed by atoms with Gasteiger partial charge in [-0.15, -0.1) is 0 Å². The van der Waals surface area contributed by atoms with Gasteiger partial charge in [0.25, 0.3) is 0 Å². The van der Waals surface area contributed by atoms with Gasteiger partial charge in [-0.2, -0.15) is 0 Å². The summed E-state index contributed by atoms with van der Waals surface area (Å²) in [5.41, 5.74) is 6.20. The summed E-state index contributed by atoms with van der Waals surface area (Å²) in [4.78, 5) is 24.4. The first-order valence-corrected chi connectivity index (χ1v) is 13.3. The second-order valence-corrected chi connectivity index (χ2v) is 9.87. The Morgan fingerprint density at radius 1 is 1.03 bits per heavy atom. The Balaban J connectivity index is 1.45. The predicted molar refractivity (Wildman–Crippen MR) is 154 cm³/mol. The average molecular weight is 525 g/mol. The number of amides is 1. The van der Waals surface area contributed by atoms with E-state index in [0.717, 1.165) is 46.1 Å². The lowest BCUT2D eigenvalue weighted by Gasteiger charge is -2.28. The van der Waals surface area contributed by atoms with Crippen LogP contribution in [0, 0.1) is 13.8 Å². The fourth-order valence-electron chi connectivity index (χ4n) is 5.30. The normalized spacial score (nSPS) is 16.9. The topological polar surface area (TPSA) is 75.1 Å². The van der Waals surface area contributed by atoms with Gasteiger partial charge in [-0.25, -0.2) is 4.98 Å². The van der Waals surface area contributed by atoms with Crippen LogP contribution in [0.1, 0.15) is 53.6 Å². The lowest BCUT2D eigenvalue weighted by molar-refractivity contribution is -0.116. The third kappa shape index (κ3) is 5.04. The van der Waals surface area contributed by atoms with E-state index in [2.05, 4.69) is 56.9 Å². The van der Waals surface area contributed by atoms with E-state index in [4.69, 9.17) is 12.2 Å². The van der Waals surface area contributed by atoms with Crippen molar-refractivity contribution in [3.63, 3.8) is 0 Å². The molecule has 0 bridgehead atoms. The molecular weight excluding hydrogens is 492 g/mol. The molecule has 0 spiro atoms. The van der Waals surface area contributed by atoms with Crippen LogP contribution < -0.4 is 10.6 Å². The van der Waals surface area contributed by atoms with Crippen molar-refractivity contribution < 1.29 is 4.79 Å². The van der Waals surface area contributed by atoms with Crippen molar-refractivity contribution in [2.24, 2.45) is 0 Å². The third-order valence-electron chi connectivity index (χ3n) is 7.12. The monoisotopic (exact) mass is 524 g/mol. The van der Waals surface area contributed by atoms with Gasteiger partial charge in [0.1, 0.15) is 5.82 Å². The molecule has 0 radical (unpaired) electrons. The molecule has 8 heteroatoms. The van der Waals surface area contributed by atoms with E-state index >= 15 is 0 Å². The Labute approximate surface area is 228 Å². The van der Waals surface area contributed by atoms with Crippen LogP contribution in [0.25, 0.3) is 5.82 Å². The lowest BCUT2D eigenvalue weighted by atomic mass is 9.96. The average Bonchev–Trinajstić information content (AvgIpc) is 3.42. The number of aromatic nitrogens is 3. The predicted octanol–water partition coefficient (Wildman–Crippen LogP) is 5.45. The van der Waals surface area contributed by atoms with Crippen LogP contribution in [0.4, 0.5) is 5.69 Å². The van der Waals surface area contributed by atoms with Gasteiger partial charge in [-0.3, -0.25) is 9.78 Å². The lowest BCUT2D eigenvalue weighted by Crippen LogP contribution is -2.33. The van der Waals surface area contributed by atoms with E-state index in [1.807, 2.05) is 60.7 Å². The van der Waals surface area contributed by atoms with Gasteiger partial charge in [0, 0.05) is 42.4 Å². The quantitative estimate of drug-likeness (QED) is 0.299. The Hall–Kier alpha value is -4.04. The Bertz CT molecular complexity index is 1440. The van der Waals surface area contributed by atoms with Gasteiger partial charge in [-0.1, -0.05) is 37.3 Å². The summed E-state index contributed by atoms with van der Waals surface area (Å²) in [5, 5.41) is 7.20. The van der Waals surface area contributed by atoms with Gasteiger partial charge in [-0.05, 0) is 80.0 Å². The molecule has 1 fully saturated rings. The number of nitrogens with zero attached hydrogens (tertiary/aromatic N) is 4. The number of hydrogen-bond donors (Lipinski definition) is 2. The van der Waals surface area contributed by atoms with Crippen LogP contribution in [0.15, 0.2) is 79.1 Å². The number of aryl methyl sites for hydroxylation is 2. The number of carbonyl (C=O) groups excluding carboxylic acids is 1. The summed E-state index contributed by atoms with van der Waals surface area (Å²) in [6.07, 6.45) is 4.77. The van der Waals surface area contributed by atoms with Crippen LogP contribution in [0.3, 0.4) is 0 Å². The van der Waals surface area contributed by atoms with Crippen LogP contribution in [0.2, 0.25) is 0 Å². The van der Waals surface area contributed by atoms with Crippen LogP contribution in [-0.4, -0.2) is 37.0 Å². The molecule has 7 nitrogen and oxygen atoms in total. The molecular formula is C30H32N6OS. The number of hydrogen-bond acceptors (Lipinski definition) is 4. The van der Waals surface area contributed by atoms with Crippen LogP contribution in [-0.2, 0) is 11.2 Å². The molecule has 38 heavy (non-hydrogen) atoms. The van der Waals surface area contributed by atoms with Crippen molar-refractivity contribution >= 4 is 28.9 Å². The van der Waals surface area contributed by atoms with Crippen molar-refractivity contribution in [1.29, 1.82) is 0 Å². The maximum absolute atomic E-state index is 13.0. The highest BCUT2D eigenvalue weighted by molar-refractivity contribution is 7.80. The van der Waals surface area contributed by atoms with Crippen molar-refractivity contribution in [3.8, 4) is 5.82 Å². The van der Waals surface area contributed by atoms with Crippen LogP contribution in [0.5, 0.6) is 0 Å². The minimum Gasteiger partial charge on any atom is -0.352 e. The van der Waals surface area contributed by atoms with E-state index in [1.54, 1.807) is 12.4 Å². The number of nitrogens with one attached hydrogen (secondary N) is 2. The highest BCUT2D eigenvalue weighted by atomic mass is 32.1. The minimum absolute atomic E-state index is 0.0345. The zero-order chi connectivity index (χ0) is 26.6. The van der Waals surface area contributed by atoms with Crippen molar-refractivity contribution in [3.05, 3.63) is 107 Å². The number of thiocarbonyl (C=S) groups is 1. The number of pyridine rings is 2. The molecule has 1 aliphatic rings. The molecule has 0 saturated carbocycles. The van der Waals surface area contributed by atoms with E-state index in [1.165, 1.54) is 0 Å². The maximum Gasteiger partial charge on any atom is 0.226 e. The summed E-state index contributed by atoms with van der Waals surface area (Å²) in [6, 6.07) is 21.7. The van der Waals surface area contributed by atoms with Gasteiger partial charge < -0.3 is 20.1 Å². The van der Waals surface area contributed by atoms with Crippen molar-refractivity contribution in [2.75, 3.05) is 11.9 Å². The Kier molecular flexibility index (Phi) is 7.51. The molecule has 1 amide bonds. The zero-order valence-corrected chi connectivity index (χ0v) is 22.7. The SMILES string of the molecule is CCc1ccccc1NC(=O)CCN1C(=S)N[C@@H](c2ccccn2)[C@H]1c1cc(C)n(-c2ccccn2)c1C. The first-order valence-electron chi connectivity index (χ1n) is 12.9. The van der Waals surface area contributed by atoms with Gasteiger partial charge in [0.15, 0.2) is 5.11 Å². The largest absolute Gasteiger partial charge is 0.352 e. The summed E-state index contributed by atoms with van der Waals surface area (Å²) >= 11 is 5.83. The molecule has 1 saturated heterocycles. The van der Waals surface area contributed by atoms with E-state index in [9.17, 15) is 4.79 Å². The molecule has 1 aromatic carbocycles. The standard InChI is InChI=1S/C30H32N6OS/c1-4-22-11-5-6-12-24(22)33-27(37)15-18-35-29(28(34-30(35)38)25-13-7-9-16-31-25)23-19-20(2)36(21(23)3)26-14-8-10-17-32-26/h5-14,16-17,19,28-29H,4,15,18H2,1-3H3,(H,33,37)(H,34,38)/t28-,29+/m0/s1. The fourth-order valence-corrected chi connectivity index (χ4v) is 5.63. The van der Waals surface area contributed by atoms with Crippen molar-refractivity contribution in [2.45, 2.75) is 45.7 Å². The highest BCUT2D eigenvalue weighted by Gasteiger charge is 2.41. The fraction of sp³-hybridized carbons (Fsp3) is 0.267. The van der Waals surface area contributed by atoms with Crippen molar-refractivity contribution in [1.82, 2.24) is 24.8 Å². The first-order chi connectivity index (χ1) is 18.5. The summed E-state index contributed by atoms with van der Waals surface area (Å²) in [7, 11) is 0. The molecule has 0 aliphatic carbocycles. The summed E-state index contributed by atoms with van der Waals surface area (Å²) in [6.45, 7) is 6.77. The second-order valence-electron chi connectivity index (χ2n) is 9.48. The summed E-state index contributed by atoms with van der Waals surface area (Å²) in [5.74, 6) is 0.838. The number of rotatable bonds is 8. The molecule has 194 valence electrons. The number of anilines is 1. The molecule has 0 unspecified atom stereocenters. The minimum atomic E-state index is -0.148. The van der Waals surface area contributed by atoms with E-state index in [-0.39, 0.29) is 18.0 Å². The molecule has 4 aromatic rings. The molecule has 4 heterocycles. The van der Waals surface area contributed by atoms with Gasteiger partial charge in [0.05, 0.1) is 17.8 Å². The maximum atomic E-state index is 13.0. The molecule has 2 atom stereocenters.